The number of hydrogen-bond donors (Lipinski definition) is 2. The van der Waals surface area contributed by atoms with Crippen LogP contribution in [-0.2, 0) is 15.8 Å². The van der Waals surface area contributed by atoms with Gasteiger partial charge in [0.05, 0.1) is 10.6 Å². The molecule has 3 rings (SSSR count). The molecule has 31 heavy (non-hydrogen) atoms. The Kier molecular flexibility index (Phi) is 6.76. The van der Waals surface area contributed by atoms with Crippen molar-refractivity contribution >= 4 is 34.8 Å². The zero-order valence-electron chi connectivity index (χ0n) is 15.7. The molecule has 1 heterocycles. The van der Waals surface area contributed by atoms with E-state index in [9.17, 15) is 22.8 Å². The Bertz CT molecular complexity index is 1070. The fourth-order valence-electron chi connectivity index (χ4n) is 2.53. The Labute approximate surface area is 180 Å². The standard InChI is InChI=1S/C21H15ClF3N3O3/c22-18-6-3-14(11-17(18)21(23,24)25)28-20(30)12-19(29)27-13-1-4-15(5-2-13)31-16-7-9-26-10-8-16/h1-11H,12H2,(H,27,29)(H,28,30). The van der Waals surface area contributed by atoms with Gasteiger partial charge in [-0.1, -0.05) is 11.6 Å². The van der Waals surface area contributed by atoms with Crippen LogP contribution in [0.25, 0.3) is 0 Å². The predicted octanol–water partition coefficient (Wildman–Crippen LogP) is 5.51. The summed E-state index contributed by atoms with van der Waals surface area (Å²) in [5.74, 6) is -0.277. The Hall–Kier alpha value is -3.59. The summed E-state index contributed by atoms with van der Waals surface area (Å²) in [4.78, 5) is 27.9. The summed E-state index contributed by atoms with van der Waals surface area (Å²) < 4.78 is 44.3. The molecule has 0 unspecified atom stereocenters. The van der Waals surface area contributed by atoms with Crippen LogP contribution < -0.4 is 15.4 Å². The number of carbonyl (C=O) groups is 2. The van der Waals surface area contributed by atoms with Crippen molar-refractivity contribution in [3.05, 3.63) is 77.6 Å². The summed E-state index contributed by atoms with van der Waals surface area (Å²) in [6, 6.07) is 12.7. The highest BCUT2D eigenvalue weighted by Crippen LogP contribution is 2.36. The molecule has 6 nitrogen and oxygen atoms in total. The largest absolute Gasteiger partial charge is 0.457 e. The van der Waals surface area contributed by atoms with Crippen molar-refractivity contribution in [2.24, 2.45) is 0 Å². The van der Waals surface area contributed by atoms with Crippen LogP contribution in [0.2, 0.25) is 5.02 Å². The number of hydrogen-bond acceptors (Lipinski definition) is 4. The summed E-state index contributed by atoms with van der Waals surface area (Å²) in [5.41, 5.74) is -0.775. The molecule has 2 aromatic carbocycles. The average Bonchev–Trinajstić information content (AvgIpc) is 2.71. The van der Waals surface area contributed by atoms with Gasteiger partial charge in [0.15, 0.2) is 0 Å². The molecule has 0 bridgehead atoms. The number of carbonyl (C=O) groups excluding carboxylic acids is 2. The molecule has 0 saturated carbocycles. The number of anilines is 2. The van der Waals surface area contributed by atoms with Gasteiger partial charge in [-0.15, -0.1) is 0 Å². The summed E-state index contributed by atoms with van der Waals surface area (Å²) in [5, 5.41) is 4.29. The fourth-order valence-corrected chi connectivity index (χ4v) is 2.75. The van der Waals surface area contributed by atoms with Crippen LogP contribution in [0.1, 0.15) is 12.0 Å². The number of nitrogens with one attached hydrogen (secondary N) is 2. The van der Waals surface area contributed by atoms with Crippen LogP contribution in [0.15, 0.2) is 67.0 Å². The molecule has 2 N–H and O–H groups in total. The second kappa shape index (κ2) is 9.48. The number of nitrogens with zero attached hydrogens (tertiary/aromatic N) is 1. The normalized spacial score (nSPS) is 11.0. The highest BCUT2D eigenvalue weighted by Gasteiger charge is 2.33. The zero-order chi connectivity index (χ0) is 22.4. The van der Waals surface area contributed by atoms with Crippen molar-refractivity contribution in [3.8, 4) is 11.5 Å². The smallest absolute Gasteiger partial charge is 0.417 e. The van der Waals surface area contributed by atoms with E-state index in [1.807, 2.05) is 0 Å². The van der Waals surface area contributed by atoms with E-state index >= 15 is 0 Å². The molecule has 1 aromatic heterocycles. The summed E-state index contributed by atoms with van der Waals surface area (Å²) in [7, 11) is 0. The van der Waals surface area contributed by atoms with Gasteiger partial charge in [0.25, 0.3) is 0 Å². The van der Waals surface area contributed by atoms with Crippen molar-refractivity contribution in [2.75, 3.05) is 10.6 Å². The van der Waals surface area contributed by atoms with E-state index in [1.54, 1.807) is 48.8 Å². The minimum absolute atomic E-state index is 0.118. The van der Waals surface area contributed by atoms with Crippen LogP contribution in [0, 0.1) is 0 Å². The maximum atomic E-state index is 12.9. The summed E-state index contributed by atoms with van der Waals surface area (Å²) in [6.07, 6.45) is -2.08. The van der Waals surface area contributed by atoms with Crippen molar-refractivity contribution < 1.29 is 27.5 Å². The molecule has 0 saturated heterocycles. The Morgan fingerprint density at radius 2 is 1.42 bits per heavy atom. The molecule has 0 aliphatic heterocycles. The highest BCUT2D eigenvalue weighted by atomic mass is 35.5. The van der Waals surface area contributed by atoms with Gasteiger partial charge in [-0.05, 0) is 54.6 Å². The molecule has 0 radical (unpaired) electrons. The second-order valence-electron chi connectivity index (χ2n) is 6.27. The third kappa shape index (κ3) is 6.45. The SMILES string of the molecule is O=C(CC(=O)Nc1ccc(Cl)c(C(F)(F)F)c1)Nc1ccc(Oc2ccncc2)cc1. The lowest BCUT2D eigenvalue weighted by molar-refractivity contribution is -0.137. The van der Waals surface area contributed by atoms with Gasteiger partial charge in [0, 0.05) is 23.8 Å². The lowest BCUT2D eigenvalue weighted by Crippen LogP contribution is -2.21. The van der Waals surface area contributed by atoms with Crippen LogP contribution in [-0.4, -0.2) is 16.8 Å². The number of ether oxygens (including phenoxy) is 1. The summed E-state index contributed by atoms with van der Waals surface area (Å²) in [6.45, 7) is 0. The number of alkyl halides is 3. The molecule has 3 aromatic rings. The van der Waals surface area contributed by atoms with E-state index in [4.69, 9.17) is 16.3 Å². The van der Waals surface area contributed by atoms with Gasteiger partial charge in [0.2, 0.25) is 11.8 Å². The van der Waals surface area contributed by atoms with E-state index in [0.717, 1.165) is 6.07 Å². The first-order valence-electron chi connectivity index (χ1n) is 8.85. The van der Waals surface area contributed by atoms with Gasteiger partial charge in [-0.3, -0.25) is 14.6 Å². The van der Waals surface area contributed by atoms with Crippen molar-refractivity contribution in [1.82, 2.24) is 4.98 Å². The monoisotopic (exact) mass is 449 g/mol. The third-order valence-electron chi connectivity index (χ3n) is 3.90. The zero-order valence-corrected chi connectivity index (χ0v) is 16.5. The minimum Gasteiger partial charge on any atom is -0.457 e. The maximum Gasteiger partial charge on any atom is 0.417 e. The molecule has 2 amide bonds. The van der Waals surface area contributed by atoms with Gasteiger partial charge >= 0.3 is 6.18 Å². The van der Waals surface area contributed by atoms with E-state index in [2.05, 4.69) is 15.6 Å². The number of rotatable bonds is 6. The maximum absolute atomic E-state index is 12.9. The Balaban J connectivity index is 1.54. The molecule has 0 fully saturated rings. The first-order valence-corrected chi connectivity index (χ1v) is 9.23. The Morgan fingerprint density at radius 3 is 2.03 bits per heavy atom. The number of aromatic nitrogens is 1. The fraction of sp³-hybridized carbons (Fsp3) is 0.0952. The topological polar surface area (TPSA) is 80.3 Å². The van der Waals surface area contributed by atoms with Crippen LogP contribution in [0.4, 0.5) is 24.5 Å². The van der Waals surface area contributed by atoms with E-state index in [-0.39, 0.29) is 5.69 Å². The van der Waals surface area contributed by atoms with Gasteiger partial charge in [0.1, 0.15) is 17.9 Å². The molecule has 0 atom stereocenters. The summed E-state index contributed by atoms with van der Waals surface area (Å²) >= 11 is 5.54. The second-order valence-corrected chi connectivity index (χ2v) is 6.68. The number of pyridine rings is 1. The quantitative estimate of drug-likeness (QED) is 0.486. The van der Waals surface area contributed by atoms with Gasteiger partial charge in [-0.2, -0.15) is 13.2 Å². The number of benzene rings is 2. The molecular formula is C21H15ClF3N3O3. The van der Waals surface area contributed by atoms with Crippen LogP contribution >= 0.6 is 11.6 Å². The lowest BCUT2D eigenvalue weighted by Gasteiger charge is -2.12. The average molecular weight is 450 g/mol. The lowest BCUT2D eigenvalue weighted by atomic mass is 10.2. The molecule has 0 aliphatic carbocycles. The predicted molar refractivity (Wildman–Crippen MR) is 109 cm³/mol. The van der Waals surface area contributed by atoms with Crippen molar-refractivity contribution in [3.63, 3.8) is 0 Å². The third-order valence-corrected chi connectivity index (χ3v) is 4.23. The minimum atomic E-state index is -4.66. The molecule has 10 heteroatoms. The Morgan fingerprint density at radius 1 is 0.871 bits per heavy atom. The highest BCUT2D eigenvalue weighted by molar-refractivity contribution is 6.31. The van der Waals surface area contributed by atoms with Gasteiger partial charge in [-0.25, -0.2) is 0 Å². The van der Waals surface area contributed by atoms with Crippen LogP contribution in [0.3, 0.4) is 0 Å². The molecular weight excluding hydrogens is 435 g/mol. The number of halogens is 4. The van der Waals surface area contributed by atoms with E-state index in [0.29, 0.717) is 23.3 Å². The first kappa shape index (κ1) is 22.1. The molecule has 0 spiro atoms. The van der Waals surface area contributed by atoms with Gasteiger partial charge < -0.3 is 15.4 Å². The first-order chi connectivity index (χ1) is 14.7. The number of amides is 2. The molecule has 0 aliphatic rings. The van der Waals surface area contributed by atoms with Crippen LogP contribution in [0.5, 0.6) is 11.5 Å². The van der Waals surface area contributed by atoms with Crippen molar-refractivity contribution in [2.45, 2.75) is 12.6 Å². The van der Waals surface area contributed by atoms with E-state index in [1.165, 1.54) is 6.07 Å². The van der Waals surface area contributed by atoms with E-state index < -0.39 is 35.0 Å². The molecule has 160 valence electrons. The van der Waals surface area contributed by atoms with Crippen molar-refractivity contribution in [1.29, 1.82) is 0 Å².